The lowest BCUT2D eigenvalue weighted by Gasteiger charge is -2.05. The molecule has 4 nitrogen and oxygen atoms in total. The number of pyridine rings is 1. The van der Waals surface area contributed by atoms with E-state index in [1.54, 1.807) is 6.07 Å². The summed E-state index contributed by atoms with van der Waals surface area (Å²) < 4.78 is 0. The normalized spacial score (nSPS) is 14.1. The molecule has 4 heteroatoms. The fraction of sp³-hybridized carbons (Fsp3) is 0.250. The van der Waals surface area contributed by atoms with Crippen molar-refractivity contribution in [1.82, 2.24) is 4.98 Å². The summed E-state index contributed by atoms with van der Waals surface area (Å²) >= 11 is 0. The van der Waals surface area contributed by atoms with Gasteiger partial charge >= 0.3 is 0 Å². The van der Waals surface area contributed by atoms with Crippen LogP contribution in [0.25, 0.3) is 0 Å². The van der Waals surface area contributed by atoms with Gasteiger partial charge in [0.1, 0.15) is 5.82 Å². The second-order valence-corrected chi connectivity index (χ2v) is 2.70. The van der Waals surface area contributed by atoms with Crippen molar-refractivity contribution in [2.24, 2.45) is 0 Å². The molecule has 1 aromatic rings. The Morgan fingerprint density at radius 2 is 2.42 bits per heavy atom. The van der Waals surface area contributed by atoms with Crippen LogP contribution in [0.3, 0.4) is 0 Å². The molecule has 1 aromatic heterocycles. The molecule has 1 aliphatic heterocycles. The number of anilines is 1. The van der Waals surface area contributed by atoms with Gasteiger partial charge in [-0.1, -0.05) is 0 Å². The fourth-order valence-electron chi connectivity index (χ4n) is 1.38. The maximum atomic E-state index is 10.9. The van der Waals surface area contributed by atoms with Crippen LogP contribution >= 0.6 is 0 Å². The van der Waals surface area contributed by atoms with Gasteiger partial charge in [-0.25, -0.2) is 0 Å². The van der Waals surface area contributed by atoms with E-state index in [4.69, 9.17) is 5.26 Å². The number of fused-ring (bicyclic) bond motifs is 1. The third-order valence-corrected chi connectivity index (χ3v) is 1.98. The summed E-state index contributed by atoms with van der Waals surface area (Å²) in [5.41, 5.74) is 0.882. The number of aromatic amines is 1. The van der Waals surface area contributed by atoms with Gasteiger partial charge in [0.25, 0.3) is 0 Å². The van der Waals surface area contributed by atoms with Crippen LogP contribution in [-0.2, 0) is 6.42 Å². The monoisotopic (exact) mass is 161 g/mol. The molecule has 0 saturated carbocycles. The maximum absolute atomic E-state index is 10.9. The van der Waals surface area contributed by atoms with Gasteiger partial charge in [0.15, 0.2) is 6.19 Å². The van der Waals surface area contributed by atoms with Crippen LogP contribution in [0.1, 0.15) is 5.56 Å². The molecule has 0 unspecified atom stereocenters. The minimum Gasteiger partial charge on any atom is -0.308 e. The van der Waals surface area contributed by atoms with Gasteiger partial charge in [0.2, 0.25) is 5.56 Å². The van der Waals surface area contributed by atoms with Crippen LogP contribution in [-0.4, -0.2) is 11.5 Å². The largest absolute Gasteiger partial charge is 0.308 e. The average molecular weight is 161 g/mol. The lowest BCUT2D eigenvalue weighted by Crippen LogP contribution is -2.16. The summed E-state index contributed by atoms with van der Waals surface area (Å²) in [6, 6.07) is 3.26. The highest BCUT2D eigenvalue weighted by molar-refractivity contribution is 5.54. The molecule has 60 valence electrons. The van der Waals surface area contributed by atoms with E-state index in [1.165, 1.54) is 11.0 Å². The molecule has 0 fully saturated rings. The van der Waals surface area contributed by atoms with Crippen LogP contribution in [0.2, 0.25) is 0 Å². The van der Waals surface area contributed by atoms with Crippen LogP contribution in [0, 0.1) is 11.5 Å². The first-order valence-electron chi connectivity index (χ1n) is 3.71. The number of aromatic nitrogens is 1. The minimum absolute atomic E-state index is 0.157. The number of nitriles is 1. The average Bonchev–Trinajstić information content (AvgIpc) is 2.46. The predicted octanol–water partition coefficient (Wildman–Crippen LogP) is 0.218. The first-order chi connectivity index (χ1) is 5.81. The zero-order chi connectivity index (χ0) is 8.55. The van der Waals surface area contributed by atoms with E-state index in [0.717, 1.165) is 12.0 Å². The van der Waals surface area contributed by atoms with Crippen LogP contribution in [0.15, 0.2) is 16.9 Å². The molecule has 1 N–H and O–H groups in total. The van der Waals surface area contributed by atoms with E-state index in [0.29, 0.717) is 12.4 Å². The number of nitrogens with one attached hydrogen (secondary N) is 1. The van der Waals surface area contributed by atoms with Crippen molar-refractivity contribution in [3.63, 3.8) is 0 Å². The predicted molar refractivity (Wildman–Crippen MR) is 43.7 cm³/mol. The third kappa shape index (κ3) is 0.873. The first kappa shape index (κ1) is 6.92. The zero-order valence-electron chi connectivity index (χ0n) is 6.37. The topological polar surface area (TPSA) is 59.9 Å². The summed E-state index contributed by atoms with van der Waals surface area (Å²) in [5.74, 6) is 0.657. The van der Waals surface area contributed by atoms with Gasteiger partial charge in [-0.15, -0.1) is 0 Å². The van der Waals surface area contributed by atoms with Crippen molar-refractivity contribution in [2.75, 3.05) is 11.4 Å². The first-order valence-corrected chi connectivity index (χ1v) is 3.71. The van der Waals surface area contributed by atoms with Crippen molar-refractivity contribution in [2.45, 2.75) is 6.42 Å². The number of hydrogen-bond donors (Lipinski definition) is 1. The molecule has 0 saturated heterocycles. The Kier molecular flexibility index (Phi) is 1.37. The number of H-pyrrole nitrogens is 1. The van der Waals surface area contributed by atoms with Crippen molar-refractivity contribution >= 4 is 5.82 Å². The van der Waals surface area contributed by atoms with Crippen molar-refractivity contribution in [3.8, 4) is 6.19 Å². The Bertz CT molecular complexity index is 401. The van der Waals surface area contributed by atoms with Crippen LogP contribution in [0.5, 0.6) is 0 Å². The minimum atomic E-state index is -0.157. The van der Waals surface area contributed by atoms with E-state index >= 15 is 0 Å². The van der Waals surface area contributed by atoms with Gasteiger partial charge in [-0.2, -0.15) is 5.26 Å². The maximum Gasteiger partial charge on any atom is 0.249 e. The van der Waals surface area contributed by atoms with Gasteiger partial charge in [-0.3, -0.25) is 9.69 Å². The SMILES string of the molecule is N#CN1CCc2ccc(=O)[nH]c21. The highest BCUT2D eigenvalue weighted by Crippen LogP contribution is 2.22. The van der Waals surface area contributed by atoms with Gasteiger partial charge in [-0.05, 0) is 18.1 Å². The molecule has 0 radical (unpaired) electrons. The summed E-state index contributed by atoms with van der Waals surface area (Å²) in [5, 5.41) is 8.66. The highest BCUT2D eigenvalue weighted by Gasteiger charge is 2.18. The molecule has 0 aromatic carbocycles. The van der Waals surface area contributed by atoms with E-state index in [1.807, 2.05) is 6.19 Å². The third-order valence-electron chi connectivity index (χ3n) is 1.98. The summed E-state index contributed by atoms with van der Waals surface area (Å²) in [7, 11) is 0. The second-order valence-electron chi connectivity index (χ2n) is 2.70. The van der Waals surface area contributed by atoms with E-state index in [-0.39, 0.29) is 5.56 Å². The Morgan fingerprint density at radius 3 is 3.17 bits per heavy atom. The lowest BCUT2D eigenvalue weighted by molar-refractivity contribution is 0.990. The second kappa shape index (κ2) is 2.38. The van der Waals surface area contributed by atoms with Crippen molar-refractivity contribution in [1.29, 1.82) is 5.26 Å². The van der Waals surface area contributed by atoms with E-state index in [2.05, 4.69) is 4.98 Å². The number of rotatable bonds is 0. The molecule has 2 heterocycles. The molecule has 0 spiro atoms. The van der Waals surface area contributed by atoms with Crippen molar-refractivity contribution < 1.29 is 0 Å². The summed E-state index contributed by atoms with van der Waals surface area (Å²) in [4.78, 5) is 15.0. The molecular formula is C8H7N3O. The Morgan fingerprint density at radius 1 is 1.58 bits per heavy atom. The van der Waals surface area contributed by atoms with Crippen LogP contribution < -0.4 is 10.5 Å². The molecule has 0 amide bonds. The Hall–Kier alpha value is -1.76. The van der Waals surface area contributed by atoms with Crippen molar-refractivity contribution in [3.05, 3.63) is 28.0 Å². The summed E-state index contributed by atoms with van der Waals surface area (Å²) in [6.45, 7) is 0.672. The van der Waals surface area contributed by atoms with E-state index in [9.17, 15) is 4.79 Å². The smallest absolute Gasteiger partial charge is 0.249 e. The molecular weight excluding hydrogens is 154 g/mol. The number of hydrogen-bond acceptors (Lipinski definition) is 3. The van der Waals surface area contributed by atoms with E-state index < -0.39 is 0 Å². The quantitative estimate of drug-likeness (QED) is 0.553. The van der Waals surface area contributed by atoms with Gasteiger partial charge in [0, 0.05) is 12.6 Å². The fourth-order valence-corrected chi connectivity index (χ4v) is 1.38. The van der Waals surface area contributed by atoms with Gasteiger partial charge in [0.05, 0.1) is 0 Å². The Labute approximate surface area is 69.1 Å². The Balaban J connectivity index is 2.58. The lowest BCUT2D eigenvalue weighted by atomic mass is 10.2. The zero-order valence-corrected chi connectivity index (χ0v) is 6.37. The standard InChI is InChI=1S/C8H7N3O/c9-5-11-4-3-6-1-2-7(12)10-8(6)11/h1-2H,3-4H2,(H,10,12). The molecule has 12 heavy (non-hydrogen) atoms. The molecule has 0 bridgehead atoms. The molecule has 0 aliphatic carbocycles. The highest BCUT2D eigenvalue weighted by atomic mass is 16.1. The summed E-state index contributed by atoms with van der Waals surface area (Å²) in [6.07, 6.45) is 2.84. The van der Waals surface area contributed by atoms with Crippen LogP contribution in [0.4, 0.5) is 5.82 Å². The van der Waals surface area contributed by atoms with Gasteiger partial charge < -0.3 is 4.98 Å². The molecule has 2 rings (SSSR count). The number of nitrogens with zero attached hydrogens (tertiary/aromatic N) is 2. The molecule has 1 aliphatic rings. The molecule has 0 atom stereocenters.